The van der Waals surface area contributed by atoms with Crippen LogP contribution in [0.25, 0.3) is 16.9 Å². The van der Waals surface area contributed by atoms with Crippen LogP contribution in [0.15, 0.2) is 67.0 Å². The van der Waals surface area contributed by atoms with Gasteiger partial charge in [-0.3, -0.25) is 9.69 Å². The largest absolute Gasteiger partial charge is 0.356 e. The second kappa shape index (κ2) is 14.3. The number of benzene rings is 2. The Morgan fingerprint density at radius 1 is 0.889 bits per heavy atom. The predicted molar refractivity (Wildman–Crippen MR) is 201 cm³/mol. The molecule has 2 atom stereocenters. The number of nitrogens with zero attached hydrogens (tertiary/aromatic N) is 8. The zero-order valence-electron chi connectivity index (χ0n) is 30.4. The smallest absolute Gasteiger partial charge is 0.257 e. The average Bonchev–Trinajstić information content (AvgIpc) is 3.93. The number of fused-ring (bicyclic) bond motifs is 2. The molecule has 54 heavy (non-hydrogen) atoms. The molecule has 7 heterocycles. The summed E-state index contributed by atoms with van der Waals surface area (Å²) in [6.45, 7) is 5.19. The third kappa shape index (κ3) is 6.46. The fourth-order valence-electron chi connectivity index (χ4n) is 9.01. The minimum Gasteiger partial charge on any atom is -0.356 e. The van der Waals surface area contributed by atoms with Crippen molar-refractivity contribution < 1.29 is 18.0 Å². The van der Waals surface area contributed by atoms with Crippen LogP contribution in [-0.4, -0.2) is 87.1 Å². The highest BCUT2D eigenvalue weighted by atomic mass is 19.1. The van der Waals surface area contributed by atoms with E-state index in [1.54, 1.807) is 16.8 Å². The molecule has 2 aromatic carbocycles. The van der Waals surface area contributed by atoms with E-state index in [9.17, 15) is 13.6 Å². The summed E-state index contributed by atoms with van der Waals surface area (Å²) in [7, 11) is 2.10. The van der Waals surface area contributed by atoms with E-state index in [0.717, 1.165) is 106 Å². The Morgan fingerprint density at radius 3 is 2.57 bits per heavy atom. The number of carbonyl (C=O) groups excluding carboxylic acids is 1. The summed E-state index contributed by atoms with van der Waals surface area (Å²) in [5.74, 6) is -0.112. The van der Waals surface area contributed by atoms with Crippen molar-refractivity contribution in [2.45, 2.75) is 69.7 Å². The van der Waals surface area contributed by atoms with Crippen LogP contribution in [-0.2, 0) is 13.1 Å². The monoisotopic (exact) mass is 735 g/mol. The topological polar surface area (TPSA) is 85.1 Å². The van der Waals surface area contributed by atoms with Gasteiger partial charge < -0.3 is 20.0 Å². The maximum atomic E-state index is 15.4. The molecule has 1 unspecified atom stereocenters. The van der Waals surface area contributed by atoms with Crippen LogP contribution >= 0.6 is 0 Å². The molecule has 0 spiro atoms. The second-order valence-corrected chi connectivity index (χ2v) is 15.2. The third-order valence-corrected chi connectivity index (χ3v) is 11.8. The first-order valence-corrected chi connectivity index (χ1v) is 19.1. The van der Waals surface area contributed by atoms with Crippen LogP contribution in [0, 0.1) is 17.5 Å². The van der Waals surface area contributed by atoms with Gasteiger partial charge >= 0.3 is 0 Å². The van der Waals surface area contributed by atoms with Crippen molar-refractivity contribution in [3.05, 3.63) is 107 Å². The van der Waals surface area contributed by atoms with E-state index in [1.807, 2.05) is 41.4 Å². The molecule has 3 fully saturated rings. The van der Waals surface area contributed by atoms with Crippen LogP contribution in [0.1, 0.15) is 71.6 Å². The number of hydrogen-bond acceptors (Lipinski definition) is 8. The Hall–Kier alpha value is -5.01. The van der Waals surface area contributed by atoms with Gasteiger partial charge in [0.1, 0.15) is 29.1 Å². The van der Waals surface area contributed by atoms with Gasteiger partial charge in [-0.2, -0.15) is 5.10 Å². The van der Waals surface area contributed by atoms with Crippen molar-refractivity contribution in [2.24, 2.45) is 0 Å². The molecule has 0 saturated carbocycles. The molecule has 4 aliphatic rings. The molecule has 1 amide bonds. The lowest BCUT2D eigenvalue weighted by molar-refractivity contribution is 0.0671. The molecule has 3 saturated heterocycles. The van der Waals surface area contributed by atoms with Crippen LogP contribution in [0.5, 0.6) is 0 Å². The lowest BCUT2D eigenvalue weighted by Crippen LogP contribution is -2.46. The molecule has 0 bridgehead atoms. The number of nitrogens with one attached hydrogen (secondary N) is 1. The van der Waals surface area contributed by atoms with Crippen LogP contribution in [0.3, 0.4) is 0 Å². The molecule has 9 rings (SSSR count). The second-order valence-electron chi connectivity index (χ2n) is 15.2. The van der Waals surface area contributed by atoms with Crippen LogP contribution < -0.4 is 15.1 Å². The first-order valence-electron chi connectivity index (χ1n) is 19.1. The Kier molecular flexibility index (Phi) is 9.22. The van der Waals surface area contributed by atoms with Crippen molar-refractivity contribution in [1.29, 1.82) is 0 Å². The van der Waals surface area contributed by atoms with Gasteiger partial charge in [-0.1, -0.05) is 18.2 Å². The Balaban J connectivity index is 0.864. The molecule has 5 aromatic rings. The van der Waals surface area contributed by atoms with Gasteiger partial charge in [0.25, 0.3) is 5.91 Å². The maximum absolute atomic E-state index is 15.4. The lowest BCUT2D eigenvalue weighted by atomic mass is 10.0. The average molecular weight is 736 g/mol. The van der Waals surface area contributed by atoms with Crippen molar-refractivity contribution in [3.63, 3.8) is 0 Å². The highest BCUT2D eigenvalue weighted by Gasteiger charge is 2.36. The normalized spacial score (nSPS) is 20.8. The fourth-order valence-corrected chi connectivity index (χ4v) is 9.01. The van der Waals surface area contributed by atoms with Gasteiger partial charge in [-0.05, 0) is 93.6 Å². The number of halogens is 3. The molecule has 10 nitrogen and oxygen atoms in total. The Morgan fingerprint density at radius 2 is 1.76 bits per heavy atom. The number of pyridine rings is 1. The quantitative estimate of drug-likeness (QED) is 0.197. The summed E-state index contributed by atoms with van der Waals surface area (Å²) in [6.07, 6.45) is 9.12. The molecule has 13 heteroatoms. The van der Waals surface area contributed by atoms with E-state index in [2.05, 4.69) is 32.2 Å². The van der Waals surface area contributed by atoms with Crippen LogP contribution in [0.4, 0.5) is 24.8 Å². The summed E-state index contributed by atoms with van der Waals surface area (Å²) >= 11 is 0. The SMILES string of the molecule is CN(Cc1cc(F)c2c(c1)CN(C1CCCNC1)C2=O)C1CCN(c2cccc(-c3cnn4ccc(N5CCC[C@@H]5c5ccc(F)cc5F)nc34)n2)CC1. The molecule has 1 N–H and O–H groups in total. The highest BCUT2D eigenvalue weighted by Crippen LogP contribution is 2.38. The molecule has 0 aliphatic carbocycles. The van der Waals surface area contributed by atoms with Gasteiger partial charge in [0.15, 0.2) is 5.65 Å². The highest BCUT2D eigenvalue weighted by molar-refractivity contribution is 5.99. The van der Waals surface area contributed by atoms with Gasteiger partial charge in [-0.15, -0.1) is 0 Å². The van der Waals surface area contributed by atoms with Crippen molar-refractivity contribution in [2.75, 3.05) is 49.6 Å². The van der Waals surface area contributed by atoms with E-state index in [-0.39, 0.29) is 23.6 Å². The zero-order valence-corrected chi connectivity index (χ0v) is 30.4. The Labute approximate surface area is 312 Å². The van der Waals surface area contributed by atoms with Crippen LogP contribution in [0.2, 0.25) is 0 Å². The third-order valence-electron chi connectivity index (χ3n) is 11.8. The summed E-state index contributed by atoms with van der Waals surface area (Å²) in [4.78, 5) is 31.8. The lowest BCUT2D eigenvalue weighted by Gasteiger charge is -2.37. The first kappa shape index (κ1) is 34.7. The number of rotatable bonds is 8. The van der Waals surface area contributed by atoms with E-state index in [1.165, 1.54) is 12.1 Å². The van der Waals surface area contributed by atoms with Crippen molar-refractivity contribution >= 4 is 23.2 Å². The van der Waals surface area contributed by atoms with Gasteiger partial charge in [0.05, 0.1) is 29.1 Å². The van der Waals surface area contributed by atoms with Gasteiger partial charge in [-0.25, -0.2) is 27.7 Å². The first-order chi connectivity index (χ1) is 26.3. The summed E-state index contributed by atoms with van der Waals surface area (Å²) in [6, 6.07) is 15.5. The van der Waals surface area contributed by atoms with Gasteiger partial charge in [0.2, 0.25) is 0 Å². The number of aromatic nitrogens is 4. The summed E-state index contributed by atoms with van der Waals surface area (Å²) in [5, 5.41) is 7.92. The predicted octanol–water partition coefficient (Wildman–Crippen LogP) is 6.36. The van der Waals surface area contributed by atoms with E-state index < -0.39 is 17.5 Å². The minimum absolute atomic E-state index is 0.116. The summed E-state index contributed by atoms with van der Waals surface area (Å²) in [5.41, 5.74) is 4.65. The van der Waals surface area contributed by atoms with Gasteiger partial charge in [0, 0.05) is 69.2 Å². The molecule has 280 valence electrons. The number of amides is 1. The summed E-state index contributed by atoms with van der Waals surface area (Å²) < 4.78 is 45.6. The molecule has 0 radical (unpaired) electrons. The maximum Gasteiger partial charge on any atom is 0.257 e. The number of carbonyl (C=O) groups is 1. The van der Waals surface area contributed by atoms with E-state index >= 15 is 4.39 Å². The van der Waals surface area contributed by atoms with E-state index in [0.29, 0.717) is 36.2 Å². The standard InChI is InChI=1S/C41H44F3N9O/c1-49(24-26-19-27-25-52(30-5-3-14-45-22-30)41(54)39(27)34(44)20-26)29-11-16-50(17-12-29)37-8-2-6-35(47-37)32-23-46-53-18-13-38(48-40(32)53)51-15-4-7-36(51)31-10-9-28(42)21-33(31)43/h2,6,8-10,13,18-21,23,29-30,36,45H,3-5,7,11-12,14-17,22,24-25H2,1H3/t30?,36-/m1/s1. The zero-order chi connectivity index (χ0) is 36.9. The Bertz CT molecular complexity index is 2200. The molecular weight excluding hydrogens is 692 g/mol. The minimum atomic E-state index is -0.584. The molecular formula is C41H44F3N9O. The van der Waals surface area contributed by atoms with Crippen molar-refractivity contribution in [1.82, 2.24) is 34.7 Å². The number of piperidine rings is 2. The molecule has 3 aromatic heterocycles. The molecule has 4 aliphatic heterocycles. The van der Waals surface area contributed by atoms with Crippen molar-refractivity contribution in [3.8, 4) is 11.3 Å². The number of anilines is 2. The fraction of sp³-hybridized carbons (Fsp3) is 0.415. The number of hydrogen-bond donors (Lipinski definition) is 1. The van der Waals surface area contributed by atoms with E-state index in [4.69, 9.17) is 9.97 Å².